The molecule has 0 amide bonds. The molecule has 0 N–H and O–H groups in total. The van der Waals surface area contributed by atoms with Crippen molar-refractivity contribution in [2.75, 3.05) is 0 Å². The van der Waals surface area contributed by atoms with Crippen LogP contribution in [-0.4, -0.2) is 21.1 Å². The molecule has 2 aromatic carbocycles. The molecule has 24 heavy (non-hydrogen) atoms. The summed E-state index contributed by atoms with van der Waals surface area (Å²) < 4.78 is 39.1. The van der Waals surface area contributed by atoms with Gasteiger partial charge in [-0.2, -0.15) is 22.8 Å². The van der Waals surface area contributed by atoms with Crippen molar-refractivity contribution in [1.29, 1.82) is 0 Å². The van der Waals surface area contributed by atoms with Crippen molar-refractivity contribution < 1.29 is 22.8 Å². The summed E-state index contributed by atoms with van der Waals surface area (Å²) in [4.78, 5) is 16.2. The Balaban J connectivity index is 0.000000647. The molecule has 122 valence electrons. The number of benzene rings is 2. The predicted molar refractivity (Wildman–Crippen MR) is 76.8 cm³/mol. The van der Waals surface area contributed by atoms with Crippen LogP contribution in [0, 0.1) is 0 Å². The lowest BCUT2D eigenvalue weighted by Crippen LogP contribution is -2.03. The van der Waals surface area contributed by atoms with E-state index in [2.05, 4.69) is 10.3 Å². The highest BCUT2D eigenvalue weighted by molar-refractivity contribution is 5.58. The van der Waals surface area contributed by atoms with Crippen molar-refractivity contribution in [1.82, 2.24) is 15.0 Å². The van der Waals surface area contributed by atoms with E-state index in [-0.39, 0.29) is 6.15 Å². The second-order valence-electron chi connectivity index (χ2n) is 4.54. The zero-order chi connectivity index (χ0) is 17.6. The van der Waals surface area contributed by atoms with E-state index in [4.69, 9.17) is 9.59 Å². The molecule has 0 atom stereocenters. The fraction of sp³-hybridized carbons (Fsp3) is 0.0625. The average Bonchev–Trinajstić information content (AvgIpc) is 3.06. The molecule has 0 bridgehead atoms. The van der Waals surface area contributed by atoms with Gasteiger partial charge in [-0.3, -0.25) is 0 Å². The molecule has 1 aromatic heterocycles. The quantitative estimate of drug-likeness (QED) is 0.721. The van der Waals surface area contributed by atoms with Gasteiger partial charge in [0.1, 0.15) is 5.69 Å². The van der Waals surface area contributed by atoms with Gasteiger partial charge in [-0.15, -0.1) is 5.10 Å². The Morgan fingerprint density at radius 2 is 1.50 bits per heavy atom. The minimum absolute atomic E-state index is 0.250. The standard InChI is InChI=1S/C15H10F3N3.CO2/c16-15(17,18)12-8-6-11(7-9-12)14-10-21(20-19-14)13-4-2-1-3-5-13;2-1-3/h1-10H;. The van der Waals surface area contributed by atoms with E-state index in [0.717, 1.165) is 17.8 Å². The van der Waals surface area contributed by atoms with E-state index in [1.165, 1.54) is 12.1 Å². The van der Waals surface area contributed by atoms with Gasteiger partial charge in [0.2, 0.25) is 0 Å². The topological polar surface area (TPSA) is 64.8 Å². The molecule has 0 spiro atoms. The number of rotatable bonds is 2. The number of carbonyl (C=O) groups excluding carboxylic acids is 2. The first-order valence-electron chi connectivity index (χ1n) is 6.60. The third kappa shape index (κ3) is 4.15. The van der Waals surface area contributed by atoms with Crippen LogP contribution in [0.25, 0.3) is 16.9 Å². The molecular weight excluding hydrogens is 323 g/mol. The largest absolute Gasteiger partial charge is 0.416 e. The van der Waals surface area contributed by atoms with Crippen LogP contribution >= 0.6 is 0 Å². The highest BCUT2D eigenvalue weighted by Crippen LogP contribution is 2.30. The maximum atomic E-state index is 12.5. The summed E-state index contributed by atoms with van der Waals surface area (Å²) in [5.74, 6) is 0. The predicted octanol–water partition coefficient (Wildman–Crippen LogP) is 3.37. The zero-order valence-corrected chi connectivity index (χ0v) is 12.1. The molecule has 3 rings (SSSR count). The van der Waals surface area contributed by atoms with Gasteiger partial charge in [-0.05, 0) is 24.3 Å². The molecule has 8 heteroatoms. The summed E-state index contributed by atoms with van der Waals surface area (Å²) in [7, 11) is 0. The van der Waals surface area contributed by atoms with E-state index in [9.17, 15) is 13.2 Å². The van der Waals surface area contributed by atoms with E-state index in [1.54, 1.807) is 10.9 Å². The molecule has 0 aliphatic heterocycles. The van der Waals surface area contributed by atoms with Gasteiger partial charge in [-0.25, -0.2) is 4.68 Å². The number of nitrogens with zero attached hydrogens (tertiary/aromatic N) is 3. The van der Waals surface area contributed by atoms with Crippen LogP contribution in [0.15, 0.2) is 60.8 Å². The molecule has 5 nitrogen and oxygen atoms in total. The second kappa shape index (κ2) is 7.34. The van der Waals surface area contributed by atoms with E-state index >= 15 is 0 Å². The minimum Gasteiger partial charge on any atom is -0.220 e. The Bertz CT molecular complexity index is 822. The first-order chi connectivity index (χ1) is 11.5. The Hall–Kier alpha value is -3.25. The van der Waals surface area contributed by atoms with Gasteiger partial charge in [0.15, 0.2) is 0 Å². The van der Waals surface area contributed by atoms with Gasteiger partial charge in [0.25, 0.3) is 0 Å². The van der Waals surface area contributed by atoms with E-state index < -0.39 is 11.7 Å². The van der Waals surface area contributed by atoms with Crippen LogP contribution < -0.4 is 0 Å². The summed E-state index contributed by atoms with van der Waals surface area (Å²) in [6.45, 7) is 0. The molecule has 0 unspecified atom stereocenters. The number of halogens is 3. The molecule has 0 saturated heterocycles. The Labute approximate surface area is 134 Å². The third-order valence-electron chi connectivity index (χ3n) is 3.02. The SMILES string of the molecule is FC(F)(F)c1ccc(-c2cn(-c3ccccc3)nn2)cc1.O=C=O. The lowest BCUT2D eigenvalue weighted by atomic mass is 10.1. The number of alkyl halides is 3. The summed E-state index contributed by atoms with van der Waals surface area (Å²) in [5.41, 5.74) is 1.27. The maximum Gasteiger partial charge on any atom is 0.416 e. The van der Waals surface area contributed by atoms with Gasteiger partial charge >= 0.3 is 12.3 Å². The van der Waals surface area contributed by atoms with Gasteiger partial charge in [0.05, 0.1) is 17.4 Å². The first kappa shape index (κ1) is 17.1. The normalized spacial score (nSPS) is 10.5. The lowest BCUT2D eigenvalue weighted by Gasteiger charge is -2.06. The van der Waals surface area contributed by atoms with Gasteiger partial charge in [0, 0.05) is 5.56 Å². The van der Waals surface area contributed by atoms with Crippen molar-refractivity contribution >= 4 is 6.15 Å². The van der Waals surface area contributed by atoms with E-state index in [1.807, 2.05) is 30.3 Å². The van der Waals surface area contributed by atoms with Crippen molar-refractivity contribution in [3.05, 3.63) is 66.4 Å². The smallest absolute Gasteiger partial charge is 0.220 e. The van der Waals surface area contributed by atoms with Crippen LogP contribution in [0.2, 0.25) is 0 Å². The summed E-state index contributed by atoms with van der Waals surface area (Å²) in [6.07, 6.45) is -2.40. The highest BCUT2D eigenvalue weighted by atomic mass is 19.4. The number of hydrogen-bond acceptors (Lipinski definition) is 4. The minimum atomic E-state index is -4.33. The molecule has 1 heterocycles. The maximum absolute atomic E-state index is 12.5. The fourth-order valence-corrected chi connectivity index (χ4v) is 1.93. The van der Waals surface area contributed by atoms with Crippen molar-refractivity contribution in [2.45, 2.75) is 6.18 Å². The van der Waals surface area contributed by atoms with Crippen LogP contribution in [0.5, 0.6) is 0 Å². The summed E-state index contributed by atoms with van der Waals surface area (Å²) in [5, 5.41) is 7.96. The average molecular weight is 333 g/mol. The van der Waals surface area contributed by atoms with Crippen molar-refractivity contribution in [2.24, 2.45) is 0 Å². The van der Waals surface area contributed by atoms with Gasteiger partial charge in [-0.1, -0.05) is 35.5 Å². The fourth-order valence-electron chi connectivity index (χ4n) is 1.93. The number of aromatic nitrogens is 3. The molecule has 0 radical (unpaired) electrons. The number of hydrogen-bond donors (Lipinski definition) is 0. The van der Waals surface area contributed by atoms with Crippen LogP contribution in [-0.2, 0) is 15.8 Å². The third-order valence-corrected chi connectivity index (χ3v) is 3.02. The van der Waals surface area contributed by atoms with Crippen molar-refractivity contribution in [3.63, 3.8) is 0 Å². The summed E-state index contributed by atoms with van der Waals surface area (Å²) >= 11 is 0. The van der Waals surface area contributed by atoms with E-state index in [0.29, 0.717) is 11.3 Å². The monoisotopic (exact) mass is 333 g/mol. The lowest BCUT2D eigenvalue weighted by molar-refractivity contribution is -0.191. The Kier molecular flexibility index (Phi) is 5.23. The van der Waals surface area contributed by atoms with Crippen LogP contribution in [0.1, 0.15) is 5.56 Å². The molecule has 0 aliphatic carbocycles. The number of para-hydroxylation sites is 1. The second-order valence-corrected chi connectivity index (χ2v) is 4.54. The highest BCUT2D eigenvalue weighted by Gasteiger charge is 2.30. The molecule has 0 aliphatic rings. The van der Waals surface area contributed by atoms with Gasteiger partial charge < -0.3 is 0 Å². The van der Waals surface area contributed by atoms with Crippen molar-refractivity contribution in [3.8, 4) is 16.9 Å². The Morgan fingerprint density at radius 1 is 0.917 bits per heavy atom. The first-order valence-corrected chi connectivity index (χ1v) is 6.60. The molecule has 0 fully saturated rings. The zero-order valence-electron chi connectivity index (χ0n) is 12.1. The Morgan fingerprint density at radius 3 is 2.04 bits per heavy atom. The molecule has 0 saturated carbocycles. The summed E-state index contributed by atoms with van der Waals surface area (Å²) in [6, 6.07) is 14.2. The van der Waals surface area contributed by atoms with Crippen LogP contribution in [0.4, 0.5) is 13.2 Å². The van der Waals surface area contributed by atoms with Crippen LogP contribution in [0.3, 0.4) is 0 Å². The molecular formula is C16H10F3N3O2. The molecule has 3 aromatic rings.